The van der Waals surface area contributed by atoms with Crippen molar-refractivity contribution in [1.82, 2.24) is 4.98 Å². The Morgan fingerprint density at radius 2 is 2.25 bits per heavy atom. The zero-order chi connectivity index (χ0) is 11.4. The third-order valence-corrected chi connectivity index (χ3v) is 3.25. The van der Waals surface area contributed by atoms with Crippen LogP contribution in [-0.4, -0.2) is 16.2 Å². The predicted molar refractivity (Wildman–Crippen MR) is 66.7 cm³/mol. The van der Waals surface area contributed by atoms with Crippen molar-refractivity contribution in [1.29, 1.82) is 0 Å². The van der Waals surface area contributed by atoms with Gasteiger partial charge in [-0.15, -0.1) is 11.3 Å². The number of benzene rings is 1. The SMILES string of the molecule is Cc1cccc(CC(O)Cc2nccs2)c1. The van der Waals surface area contributed by atoms with E-state index in [1.807, 2.05) is 11.4 Å². The van der Waals surface area contributed by atoms with E-state index in [1.165, 1.54) is 11.1 Å². The van der Waals surface area contributed by atoms with Crippen molar-refractivity contribution in [3.8, 4) is 0 Å². The van der Waals surface area contributed by atoms with Crippen molar-refractivity contribution in [2.45, 2.75) is 25.9 Å². The molecule has 1 aromatic carbocycles. The van der Waals surface area contributed by atoms with Gasteiger partial charge < -0.3 is 5.11 Å². The third kappa shape index (κ3) is 3.15. The lowest BCUT2D eigenvalue weighted by atomic mass is 10.0. The average molecular weight is 233 g/mol. The van der Waals surface area contributed by atoms with Crippen molar-refractivity contribution in [3.63, 3.8) is 0 Å². The van der Waals surface area contributed by atoms with Crippen molar-refractivity contribution >= 4 is 11.3 Å². The van der Waals surface area contributed by atoms with Gasteiger partial charge in [0.15, 0.2) is 0 Å². The van der Waals surface area contributed by atoms with E-state index < -0.39 is 0 Å². The van der Waals surface area contributed by atoms with Crippen LogP contribution in [0.3, 0.4) is 0 Å². The fourth-order valence-corrected chi connectivity index (χ4v) is 2.43. The van der Waals surface area contributed by atoms with Gasteiger partial charge in [-0.3, -0.25) is 0 Å². The molecule has 2 nitrogen and oxygen atoms in total. The van der Waals surface area contributed by atoms with Gasteiger partial charge in [0.05, 0.1) is 11.1 Å². The minimum absolute atomic E-state index is 0.340. The molecule has 1 N–H and O–H groups in total. The Morgan fingerprint density at radius 1 is 1.38 bits per heavy atom. The van der Waals surface area contributed by atoms with E-state index >= 15 is 0 Å². The van der Waals surface area contributed by atoms with Crippen LogP contribution < -0.4 is 0 Å². The summed E-state index contributed by atoms with van der Waals surface area (Å²) in [7, 11) is 0. The molecule has 0 aliphatic heterocycles. The monoisotopic (exact) mass is 233 g/mol. The van der Waals surface area contributed by atoms with Gasteiger partial charge in [0, 0.05) is 18.0 Å². The quantitative estimate of drug-likeness (QED) is 0.880. The smallest absolute Gasteiger partial charge is 0.0950 e. The van der Waals surface area contributed by atoms with Crippen LogP contribution in [0.25, 0.3) is 0 Å². The number of thiazole rings is 1. The molecule has 1 atom stereocenters. The summed E-state index contributed by atoms with van der Waals surface area (Å²) in [6.07, 6.45) is 2.78. The molecular formula is C13H15NOS. The molecule has 1 heterocycles. The lowest BCUT2D eigenvalue weighted by Crippen LogP contribution is -2.13. The lowest BCUT2D eigenvalue weighted by Gasteiger charge is -2.09. The topological polar surface area (TPSA) is 33.1 Å². The summed E-state index contributed by atoms with van der Waals surface area (Å²) in [5, 5.41) is 12.9. The number of aryl methyl sites for hydroxylation is 1. The van der Waals surface area contributed by atoms with E-state index in [0.717, 1.165) is 5.01 Å². The van der Waals surface area contributed by atoms with Gasteiger partial charge >= 0.3 is 0 Å². The molecule has 0 bridgehead atoms. The van der Waals surface area contributed by atoms with Gasteiger partial charge in [0.25, 0.3) is 0 Å². The standard InChI is InChI=1S/C13H15NOS/c1-10-3-2-4-11(7-10)8-12(15)9-13-14-5-6-16-13/h2-7,12,15H,8-9H2,1H3. The molecule has 0 aliphatic rings. The predicted octanol–water partition coefficient (Wildman–Crippen LogP) is 2.60. The van der Waals surface area contributed by atoms with Crippen LogP contribution >= 0.6 is 11.3 Å². The molecule has 3 heteroatoms. The van der Waals surface area contributed by atoms with Gasteiger partial charge in [-0.1, -0.05) is 29.8 Å². The van der Waals surface area contributed by atoms with Crippen molar-refractivity contribution in [2.75, 3.05) is 0 Å². The first-order chi connectivity index (χ1) is 7.74. The molecule has 1 unspecified atom stereocenters. The summed E-state index contributed by atoms with van der Waals surface area (Å²) in [6.45, 7) is 2.07. The fourth-order valence-electron chi connectivity index (χ4n) is 1.74. The molecule has 0 radical (unpaired) electrons. The van der Waals surface area contributed by atoms with E-state index in [4.69, 9.17) is 0 Å². The van der Waals surface area contributed by atoms with Crippen LogP contribution in [0.4, 0.5) is 0 Å². The Labute approximate surface area is 99.6 Å². The highest BCUT2D eigenvalue weighted by molar-refractivity contribution is 7.09. The highest BCUT2D eigenvalue weighted by atomic mass is 32.1. The molecule has 84 valence electrons. The second kappa shape index (κ2) is 5.23. The van der Waals surface area contributed by atoms with Crippen LogP contribution in [0.1, 0.15) is 16.1 Å². The fraction of sp³-hybridized carbons (Fsp3) is 0.308. The summed E-state index contributed by atoms with van der Waals surface area (Å²) in [5.74, 6) is 0. The molecule has 0 spiro atoms. The van der Waals surface area contributed by atoms with Gasteiger partial charge in [0.2, 0.25) is 0 Å². The first-order valence-electron chi connectivity index (χ1n) is 5.36. The van der Waals surface area contributed by atoms with Crippen molar-refractivity contribution < 1.29 is 5.11 Å². The maximum atomic E-state index is 9.93. The minimum Gasteiger partial charge on any atom is -0.392 e. The zero-order valence-corrected chi connectivity index (χ0v) is 10.1. The van der Waals surface area contributed by atoms with Crippen LogP contribution in [-0.2, 0) is 12.8 Å². The maximum absolute atomic E-state index is 9.93. The Kier molecular flexibility index (Phi) is 3.70. The number of nitrogens with zero attached hydrogens (tertiary/aromatic N) is 1. The number of hydrogen-bond acceptors (Lipinski definition) is 3. The Balaban J connectivity index is 1.94. The average Bonchev–Trinajstić information content (AvgIpc) is 2.70. The molecule has 2 rings (SSSR count). The number of aliphatic hydroxyl groups excluding tert-OH is 1. The van der Waals surface area contributed by atoms with Gasteiger partial charge in [0.1, 0.15) is 0 Å². The molecule has 0 aliphatic carbocycles. The van der Waals surface area contributed by atoms with E-state index in [9.17, 15) is 5.11 Å². The van der Waals surface area contributed by atoms with E-state index in [0.29, 0.717) is 12.8 Å². The summed E-state index contributed by atoms with van der Waals surface area (Å²) in [6, 6.07) is 8.26. The lowest BCUT2D eigenvalue weighted by molar-refractivity contribution is 0.175. The number of rotatable bonds is 4. The summed E-state index contributed by atoms with van der Waals surface area (Å²) >= 11 is 1.59. The van der Waals surface area contributed by atoms with Gasteiger partial charge in [-0.2, -0.15) is 0 Å². The third-order valence-electron chi connectivity index (χ3n) is 2.45. The van der Waals surface area contributed by atoms with E-state index in [1.54, 1.807) is 17.5 Å². The van der Waals surface area contributed by atoms with Gasteiger partial charge in [-0.25, -0.2) is 4.98 Å². The van der Waals surface area contributed by atoms with Crippen molar-refractivity contribution in [2.24, 2.45) is 0 Å². The largest absolute Gasteiger partial charge is 0.392 e. The van der Waals surface area contributed by atoms with Gasteiger partial charge in [-0.05, 0) is 18.9 Å². The minimum atomic E-state index is -0.340. The van der Waals surface area contributed by atoms with Crippen LogP contribution in [0, 0.1) is 6.92 Å². The molecule has 1 aromatic heterocycles. The Morgan fingerprint density at radius 3 is 2.94 bits per heavy atom. The molecule has 0 amide bonds. The molecule has 16 heavy (non-hydrogen) atoms. The van der Waals surface area contributed by atoms with Crippen LogP contribution in [0.15, 0.2) is 35.8 Å². The Bertz CT molecular complexity index is 439. The normalized spacial score (nSPS) is 12.6. The Hall–Kier alpha value is -1.19. The van der Waals surface area contributed by atoms with Crippen LogP contribution in [0.2, 0.25) is 0 Å². The maximum Gasteiger partial charge on any atom is 0.0950 e. The van der Waals surface area contributed by atoms with E-state index in [-0.39, 0.29) is 6.10 Å². The highest BCUT2D eigenvalue weighted by Crippen LogP contribution is 2.12. The number of aliphatic hydroxyl groups is 1. The first-order valence-corrected chi connectivity index (χ1v) is 6.24. The molecule has 0 saturated heterocycles. The van der Waals surface area contributed by atoms with Crippen LogP contribution in [0.5, 0.6) is 0 Å². The molecule has 0 saturated carbocycles. The molecular weight excluding hydrogens is 218 g/mol. The summed E-state index contributed by atoms with van der Waals surface area (Å²) in [5.41, 5.74) is 2.42. The highest BCUT2D eigenvalue weighted by Gasteiger charge is 2.08. The van der Waals surface area contributed by atoms with Crippen molar-refractivity contribution in [3.05, 3.63) is 52.0 Å². The number of aromatic nitrogens is 1. The summed E-state index contributed by atoms with van der Waals surface area (Å²) in [4.78, 5) is 4.17. The second-order valence-electron chi connectivity index (χ2n) is 3.98. The second-order valence-corrected chi connectivity index (χ2v) is 4.96. The molecule has 0 fully saturated rings. The van der Waals surface area contributed by atoms with E-state index in [2.05, 4.69) is 30.1 Å². The zero-order valence-electron chi connectivity index (χ0n) is 9.26. The molecule has 2 aromatic rings. The first kappa shape index (κ1) is 11.3. The number of hydrogen-bond donors (Lipinski definition) is 1. The summed E-state index contributed by atoms with van der Waals surface area (Å²) < 4.78 is 0.